The highest BCUT2D eigenvalue weighted by Crippen LogP contribution is 2.24. The Balaban J connectivity index is 1.51. The molecule has 1 aromatic heterocycles. The summed E-state index contributed by atoms with van der Waals surface area (Å²) in [4.78, 5) is 12.0. The average molecular weight is 405 g/mol. The van der Waals surface area contributed by atoms with Crippen LogP contribution in [0.3, 0.4) is 0 Å². The van der Waals surface area contributed by atoms with Crippen molar-refractivity contribution in [1.82, 2.24) is 10.2 Å². The zero-order valence-electron chi connectivity index (χ0n) is 15.1. The van der Waals surface area contributed by atoms with Crippen LogP contribution < -0.4 is 10.1 Å². The number of carbonyl (C=O) groups is 1. The highest BCUT2D eigenvalue weighted by atomic mass is 32.2. The first-order valence-electron chi connectivity index (χ1n) is 8.35. The van der Waals surface area contributed by atoms with Crippen molar-refractivity contribution in [3.05, 3.63) is 65.6 Å². The van der Waals surface area contributed by atoms with Crippen LogP contribution in [0.2, 0.25) is 0 Å². The third-order valence-corrected chi connectivity index (χ3v) is 4.50. The molecule has 1 N–H and O–H groups in total. The maximum atomic E-state index is 13.5. The highest BCUT2D eigenvalue weighted by molar-refractivity contribution is 7.99. The number of rotatable bonds is 7. The highest BCUT2D eigenvalue weighted by Gasteiger charge is 2.17. The first-order valence-corrected chi connectivity index (χ1v) is 9.33. The molecule has 0 saturated carbocycles. The predicted molar refractivity (Wildman–Crippen MR) is 100 cm³/mol. The molecule has 0 saturated heterocycles. The van der Waals surface area contributed by atoms with Gasteiger partial charge in [-0.1, -0.05) is 17.8 Å². The summed E-state index contributed by atoms with van der Waals surface area (Å²) in [6, 6.07) is 10.0. The van der Waals surface area contributed by atoms with E-state index in [-0.39, 0.29) is 34.4 Å². The molecule has 0 unspecified atom stereocenters. The zero-order chi connectivity index (χ0) is 20.1. The van der Waals surface area contributed by atoms with E-state index in [0.717, 1.165) is 11.8 Å². The quantitative estimate of drug-likeness (QED) is 0.582. The minimum absolute atomic E-state index is 0.0182. The van der Waals surface area contributed by atoms with E-state index in [1.807, 2.05) is 0 Å². The van der Waals surface area contributed by atoms with Crippen LogP contribution in [0.1, 0.15) is 24.5 Å². The van der Waals surface area contributed by atoms with Gasteiger partial charge in [-0.15, -0.1) is 10.2 Å². The monoisotopic (exact) mass is 405 g/mol. The second-order valence-corrected chi connectivity index (χ2v) is 6.85. The van der Waals surface area contributed by atoms with Gasteiger partial charge in [0.25, 0.3) is 11.1 Å². The summed E-state index contributed by atoms with van der Waals surface area (Å²) in [5, 5.41) is 10.6. The molecule has 1 heterocycles. The second-order valence-electron chi connectivity index (χ2n) is 5.92. The Morgan fingerprint density at radius 2 is 1.96 bits per heavy atom. The third kappa shape index (κ3) is 5.29. The minimum atomic E-state index is -0.545. The van der Waals surface area contributed by atoms with Crippen LogP contribution in [0.4, 0.5) is 14.5 Å². The molecule has 0 aliphatic rings. The lowest BCUT2D eigenvalue weighted by molar-refractivity contribution is -0.113. The summed E-state index contributed by atoms with van der Waals surface area (Å²) in [5.74, 6) is -0.364. The number of amides is 1. The van der Waals surface area contributed by atoms with E-state index in [1.54, 1.807) is 26.0 Å². The van der Waals surface area contributed by atoms with Gasteiger partial charge in [0.15, 0.2) is 6.10 Å². The standard InChI is InChI=1S/C19H17F2N3O3S/c1-11-3-6-14(9-16(11)21)22-17(25)10-28-19-24-23-18(27-19)12(2)26-15-7-4-13(20)5-8-15/h3-9,12H,10H2,1-2H3,(H,22,25)/t12-/m1/s1. The van der Waals surface area contributed by atoms with E-state index in [9.17, 15) is 13.6 Å². The molecule has 0 spiro atoms. The Bertz CT molecular complexity index is 963. The summed E-state index contributed by atoms with van der Waals surface area (Å²) < 4.78 is 37.5. The fourth-order valence-electron chi connectivity index (χ4n) is 2.21. The number of nitrogens with zero attached hydrogens (tertiary/aromatic N) is 2. The van der Waals surface area contributed by atoms with E-state index in [1.165, 1.54) is 30.3 Å². The van der Waals surface area contributed by atoms with E-state index >= 15 is 0 Å². The van der Waals surface area contributed by atoms with Crippen molar-refractivity contribution in [2.75, 3.05) is 11.1 Å². The summed E-state index contributed by atoms with van der Waals surface area (Å²) in [6.45, 7) is 3.36. The smallest absolute Gasteiger partial charge is 0.277 e. The van der Waals surface area contributed by atoms with Crippen molar-refractivity contribution in [3.63, 3.8) is 0 Å². The summed E-state index contributed by atoms with van der Waals surface area (Å²) in [5.41, 5.74) is 0.879. The Morgan fingerprint density at radius 3 is 2.68 bits per heavy atom. The molecule has 0 radical (unpaired) electrons. The number of anilines is 1. The van der Waals surface area contributed by atoms with Crippen LogP contribution in [-0.4, -0.2) is 21.9 Å². The maximum Gasteiger partial charge on any atom is 0.277 e. The van der Waals surface area contributed by atoms with Crippen LogP contribution in [0.25, 0.3) is 0 Å². The molecule has 0 fully saturated rings. The Morgan fingerprint density at radius 1 is 1.21 bits per heavy atom. The van der Waals surface area contributed by atoms with Gasteiger partial charge >= 0.3 is 0 Å². The lowest BCUT2D eigenvalue weighted by atomic mass is 10.2. The number of ether oxygens (including phenoxy) is 1. The molecule has 0 bridgehead atoms. The third-order valence-electron chi connectivity index (χ3n) is 3.68. The first-order chi connectivity index (χ1) is 13.4. The number of hydrogen-bond donors (Lipinski definition) is 1. The van der Waals surface area contributed by atoms with Crippen LogP contribution >= 0.6 is 11.8 Å². The van der Waals surface area contributed by atoms with Crippen molar-refractivity contribution < 1.29 is 22.7 Å². The number of nitrogens with one attached hydrogen (secondary N) is 1. The van der Waals surface area contributed by atoms with Gasteiger partial charge in [-0.2, -0.15) is 0 Å². The molecule has 3 rings (SSSR count). The maximum absolute atomic E-state index is 13.5. The average Bonchev–Trinajstić information content (AvgIpc) is 3.14. The normalized spacial score (nSPS) is 11.9. The molecule has 28 heavy (non-hydrogen) atoms. The number of aromatic nitrogens is 2. The summed E-state index contributed by atoms with van der Waals surface area (Å²) >= 11 is 1.05. The van der Waals surface area contributed by atoms with Gasteiger partial charge in [-0.05, 0) is 55.8 Å². The number of halogens is 2. The van der Waals surface area contributed by atoms with Crippen molar-refractivity contribution >= 4 is 23.4 Å². The van der Waals surface area contributed by atoms with E-state index in [0.29, 0.717) is 17.0 Å². The molecule has 1 amide bonds. The van der Waals surface area contributed by atoms with Crippen molar-refractivity contribution in [2.24, 2.45) is 0 Å². The number of carbonyl (C=O) groups excluding carboxylic acids is 1. The molecular weight excluding hydrogens is 388 g/mol. The molecule has 1 atom stereocenters. The molecule has 2 aromatic carbocycles. The van der Waals surface area contributed by atoms with Crippen LogP contribution in [0.5, 0.6) is 5.75 Å². The van der Waals surface area contributed by atoms with Gasteiger partial charge in [0.1, 0.15) is 17.4 Å². The molecule has 0 aliphatic carbocycles. The van der Waals surface area contributed by atoms with E-state index in [4.69, 9.17) is 9.15 Å². The molecule has 9 heteroatoms. The number of hydrogen-bond acceptors (Lipinski definition) is 6. The molecule has 3 aromatic rings. The van der Waals surface area contributed by atoms with Crippen LogP contribution in [-0.2, 0) is 4.79 Å². The number of aryl methyl sites for hydroxylation is 1. The van der Waals surface area contributed by atoms with Crippen molar-refractivity contribution in [2.45, 2.75) is 25.2 Å². The van der Waals surface area contributed by atoms with Gasteiger partial charge < -0.3 is 14.5 Å². The predicted octanol–water partition coefficient (Wildman–Crippen LogP) is 4.53. The second kappa shape index (κ2) is 8.83. The fraction of sp³-hybridized carbons (Fsp3) is 0.211. The fourth-order valence-corrected chi connectivity index (χ4v) is 2.78. The molecule has 6 nitrogen and oxygen atoms in total. The van der Waals surface area contributed by atoms with Gasteiger partial charge in [-0.25, -0.2) is 8.78 Å². The van der Waals surface area contributed by atoms with Gasteiger partial charge in [-0.3, -0.25) is 4.79 Å². The Hall–Kier alpha value is -2.94. The summed E-state index contributed by atoms with van der Waals surface area (Å²) in [7, 11) is 0. The zero-order valence-corrected chi connectivity index (χ0v) is 15.9. The van der Waals surface area contributed by atoms with E-state index < -0.39 is 6.10 Å². The SMILES string of the molecule is Cc1ccc(NC(=O)CSc2nnc([C@@H](C)Oc3ccc(F)cc3)o2)cc1F. The first kappa shape index (κ1) is 19.8. The van der Waals surface area contributed by atoms with Crippen LogP contribution in [0, 0.1) is 18.6 Å². The number of thioether (sulfide) groups is 1. The molecule has 0 aliphatic heterocycles. The lowest BCUT2D eigenvalue weighted by Crippen LogP contribution is -2.14. The summed E-state index contributed by atoms with van der Waals surface area (Å²) in [6.07, 6.45) is -0.545. The van der Waals surface area contributed by atoms with Crippen LogP contribution in [0.15, 0.2) is 52.1 Å². The van der Waals surface area contributed by atoms with Gasteiger partial charge in [0, 0.05) is 5.69 Å². The van der Waals surface area contributed by atoms with Gasteiger partial charge in [0.05, 0.1) is 5.75 Å². The number of benzene rings is 2. The van der Waals surface area contributed by atoms with Gasteiger partial charge in [0.2, 0.25) is 5.91 Å². The largest absolute Gasteiger partial charge is 0.481 e. The lowest BCUT2D eigenvalue weighted by Gasteiger charge is -2.10. The molecular formula is C19H17F2N3O3S. The van der Waals surface area contributed by atoms with Crippen molar-refractivity contribution in [3.8, 4) is 5.75 Å². The Labute approximate surface area is 164 Å². The Kier molecular flexibility index (Phi) is 6.25. The molecule has 146 valence electrons. The van der Waals surface area contributed by atoms with E-state index in [2.05, 4.69) is 15.5 Å². The topological polar surface area (TPSA) is 77.2 Å². The van der Waals surface area contributed by atoms with Crippen molar-refractivity contribution in [1.29, 1.82) is 0 Å². The minimum Gasteiger partial charge on any atom is -0.481 e.